The quantitative estimate of drug-likeness (QED) is 0.853. The van der Waals surface area contributed by atoms with E-state index in [2.05, 4.69) is 11.8 Å². The van der Waals surface area contributed by atoms with Crippen LogP contribution in [0.3, 0.4) is 0 Å². The Hall–Kier alpha value is -1.33. The standard InChI is InChI=1S/C14H18ClFN2O2/c1-2-17-5-7-18(8-6-17)14(19)10-20-11-3-4-13(16)12(15)9-11/h3-4,9H,2,5-8,10H2,1H3. The Bertz CT molecular complexity index is 476. The fraction of sp³-hybridized carbons (Fsp3) is 0.500. The number of ether oxygens (including phenoxy) is 1. The normalized spacial score (nSPS) is 16.2. The Labute approximate surface area is 123 Å². The number of rotatable bonds is 4. The molecule has 1 heterocycles. The van der Waals surface area contributed by atoms with E-state index >= 15 is 0 Å². The van der Waals surface area contributed by atoms with Crippen molar-refractivity contribution in [2.75, 3.05) is 39.3 Å². The minimum absolute atomic E-state index is 0.00786. The summed E-state index contributed by atoms with van der Waals surface area (Å²) in [5.74, 6) is -0.154. The summed E-state index contributed by atoms with van der Waals surface area (Å²) in [6.45, 7) is 6.30. The van der Waals surface area contributed by atoms with Crippen LogP contribution in [0.25, 0.3) is 0 Å². The summed E-state index contributed by atoms with van der Waals surface area (Å²) < 4.78 is 18.3. The van der Waals surface area contributed by atoms with E-state index in [9.17, 15) is 9.18 Å². The van der Waals surface area contributed by atoms with Crippen molar-refractivity contribution >= 4 is 17.5 Å². The van der Waals surface area contributed by atoms with Gasteiger partial charge in [0.25, 0.3) is 5.91 Å². The molecular weight excluding hydrogens is 283 g/mol. The molecule has 0 atom stereocenters. The summed E-state index contributed by atoms with van der Waals surface area (Å²) in [5, 5.41) is -0.00786. The number of benzene rings is 1. The van der Waals surface area contributed by atoms with Gasteiger partial charge in [-0.05, 0) is 18.7 Å². The Kier molecular flexibility index (Phi) is 5.20. The predicted octanol–water partition coefficient (Wildman–Crippen LogP) is 2.02. The molecule has 20 heavy (non-hydrogen) atoms. The molecule has 1 aromatic rings. The van der Waals surface area contributed by atoms with Gasteiger partial charge in [-0.2, -0.15) is 0 Å². The van der Waals surface area contributed by atoms with Crippen LogP contribution < -0.4 is 4.74 Å². The lowest BCUT2D eigenvalue weighted by Gasteiger charge is -2.33. The van der Waals surface area contributed by atoms with E-state index in [1.807, 2.05) is 0 Å². The van der Waals surface area contributed by atoms with Crippen LogP contribution in [0.5, 0.6) is 5.75 Å². The Morgan fingerprint density at radius 1 is 1.35 bits per heavy atom. The van der Waals surface area contributed by atoms with Crippen LogP contribution in [0, 0.1) is 5.82 Å². The lowest BCUT2D eigenvalue weighted by molar-refractivity contribution is -0.135. The van der Waals surface area contributed by atoms with Gasteiger partial charge in [0.15, 0.2) is 6.61 Å². The molecule has 0 aromatic heterocycles. The zero-order chi connectivity index (χ0) is 14.5. The number of hydrogen-bond donors (Lipinski definition) is 0. The monoisotopic (exact) mass is 300 g/mol. The van der Waals surface area contributed by atoms with Gasteiger partial charge in [-0.1, -0.05) is 18.5 Å². The van der Waals surface area contributed by atoms with E-state index in [4.69, 9.17) is 16.3 Å². The molecule has 0 bridgehead atoms. The van der Waals surface area contributed by atoms with Crippen LogP contribution in [0.15, 0.2) is 18.2 Å². The molecule has 1 aliphatic heterocycles. The SMILES string of the molecule is CCN1CCN(C(=O)COc2ccc(F)c(Cl)c2)CC1. The van der Waals surface area contributed by atoms with Crippen molar-refractivity contribution in [2.24, 2.45) is 0 Å². The van der Waals surface area contributed by atoms with Gasteiger partial charge in [0.2, 0.25) is 0 Å². The van der Waals surface area contributed by atoms with Crippen molar-refractivity contribution in [2.45, 2.75) is 6.92 Å². The first-order valence-corrected chi connectivity index (χ1v) is 7.06. The van der Waals surface area contributed by atoms with Gasteiger partial charge >= 0.3 is 0 Å². The molecule has 1 aliphatic rings. The highest BCUT2D eigenvalue weighted by atomic mass is 35.5. The molecule has 6 heteroatoms. The summed E-state index contributed by atoms with van der Waals surface area (Å²) in [7, 11) is 0. The summed E-state index contributed by atoms with van der Waals surface area (Å²) >= 11 is 5.65. The maximum Gasteiger partial charge on any atom is 0.260 e. The van der Waals surface area contributed by atoms with Gasteiger partial charge < -0.3 is 14.5 Å². The van der Waals surface area contributed by atoms with Crippen molar-refractivity contribution in [3.05, 3.63) is 29.0 Å². The smallest absolute Gasteiger partial charge is 0.260 e. The Morgan fingerprint density at radius 3 is 2.65 bits per heavy atom. The molecule has 0 unspecified atom stereocenters. The second-order valence-corrected chi connectivity index (χ2v) is 5.09. The van der Waals surface area contributed by atoms with E-state index in [1.54, 1.807) is 4.90 Å². The molecule has 0 aliphatic carbocycles. The number of likely N-dealkylation sites (N-methyl/N-ethyl adjacent to an activating group) is 1. The molecule has 0 saturated carbocycles. The van der Waals surface area contributed by atoms with Crippen LogP contribution in [0.2, 0.25) is 5.02 Å². The number of carbonyl (C=O) groups is 1. The van der Waals surface area contributed by atoms with Gasteiger partial charge in [0.05, 0.1) is 5.02 Å². The van der Waals surface area contributed by atoms with Gasteiger partial charge in [-0.15, -0.1) is 0 Å². The lowest BCUT2D eigenvalue weighted by Crippen LogP contribution is -2.49. The number of halogens is 2. The molecule has 110 valence electrons. The van der Waals surface area contributed by atoms with Crippen molar-refractivity contribution < 1.29 is 13.9 Å². The molecule has 0 radical (unpaired) electrons. The largest absolute Gasteiger partial charge is 0.484 e. The average molecular weight is 301 g/mol. The highest BCUT2D eigenvalue weighted by Crippen LogP contribution is 2.21. The number of hydrogen-bond acceptors (Lipinski definition) is 3. The van der Waals surface area contributed by atoms with Crippen LogP contribution in [-0.2, 0) is 4.79 Å². The molecule has 0 N–H and O–H groups in total. The number of piperazine rings is 1. The first kappa shape index (κ1) is 15.1. The molecule has 1 aromatic carbocycles. The van der Waals surface area contributed by atoms with Crippen molar-refractivity contribution in [1.29, 1.82) is 0 Å². The highest BCUT2D eigenvalue weighted by molar-refractivity contribution is 6.30. The number of nitrogens with zero attached hydrogens (tertiary/aromatic N) is 2. The second-order valence-electron chi connectivity index (χ2n) is 4.68. The molecule has 4 nitrogen and oxygen atoms in total. The van der Waals surface area contributed by atoms with Gasteiger partial charge in [-0.3, -0.25) is 4.79 Å². The van der Waals surface area contributed by atoms with Crippen molar-refractivity contribution in [3.63, 3.8) is 0 Å². The first-order valence-electron chi connectivity index (χ1n) is 6.68. The van der Waals surface area contributed by atoms with Gasteiger partial charge in [0, 0.05) is 32.2 Å². The van der Waals surface area contributed by atoms with E-state index in [-0.39, 0.29) is 17.5 Å². The zero-order valence-corrected chi connectivity index (χ0v) is 12.2. The van der Waals surface area contributed by atoms with E-state index in [0.29, 0.717) is 5.75 Å². The van der Waals surface area contributed by atoms with Crippen molar-refractivity contribution in [1.82, 2.24) is 9.80 Å². The highest BCUT2D eigenvalue weighted by Gasteiger charge is 2.20. The summed E-state index contributed by atoms with van der Waals surface area (Å²) in [4.78, 5) is 16.1. The lowest BCUT2D eigenvalue weighted by atomic mass is 10.3. The summed E-state index contributed by atoms with van der Waals surface area (Å²) in [5.41, 5.74) is 0. The van der Waals surface area contributed by atoms with Gasteiger partial charge in [0.1, 0.15) is 11.6 Å². The van der Waals surface area contributed by atoms with Crippen LogP contribution in [0.1, 0.15) is 6.92 Å². The maximum atomic E-state index is 13.0. The molecule has 1 fully saturated rings. The molecule has 2 rings (SSSR count). The zero-order valence-electron chi connectivity index (χ0n) is 11.4. The fourth-order valence-electron chi connectivity index (χ4n) is 2.12. The van der Waals surface area contributed by atoms with E-state index in [1.165, 1.54) is 18.2 Å². The molecule has 0 spiro atoms. The third-order valence-corrected chi connectivity index (χ3v) is 3.72. The Balaban J connectivity index is 1.81. The third-order valence-electron chi connectivity index (χ3n) is 3.43. The van der Waals surface area contributed by atoms with Gasteiger partial charge in [-0.25, -0.2) is 4.39 Å². The van der Waals surface area contributed by atoms with E-state index < -0.39 is 5.82 Å². The van der Waals surface area contributed by atoms with Crippen LogP contribution in [0.4, 0.5) is 4.39 Å². The summed E-state index contributed by atoms with van der Waals surface area (Å²) in [6.07, 6.45) is 0. The van der Waals surface area contributed by atoms with Crippen LogP contribution >= 0.6 is 11.6 Å². The molecular formula is C14H18ClFN2O2. The number of amides is 1. The molecule has 1 amide bonds. The topological polar surface area (TPSA) is 32.8 Å². The maximum absolute atomic E-state index is 13.0. The first-order chi connectivity index (χ1) is 9.60. The van der Waals surface area contributed by atoms with Crippen molar-refractivity contribution in [3.8, 4) is 5.75 Å². The Morgan fingerprint density at radius 2 is 2.05 bits per heavy atom. The molecule has 1 saturated heterocycles. The second kappa shape index (κ2) is 6.90. The third kappa shape index (κ3) is 3.84. The average Bonchev–Trinajstić information content (AvgIpc) is 2.48. The minimum atomic E-state index is -0.499. The minimum Gasteiger partial charge on any atom is -0.484 e. The number of carbonyl (C=O) groups excluding carboxylic acids is 1. The predicted molar refractivity (Wildman–Crippen MR) is 75.6 cm³/mol. The van der Waals surface area contributed by atoms with E-state index in [0.717, 1.165) is 32.7 Å². The summed E-state index contributed by atoms with van der Waals surface area (Å²) in [6, 6.07) is 4.06. The van der Waals surface area contributed by atoms with Crippen LogP contribution in [-0.4, -0.2) is 55.0 Å². The fourth-order valence-corrected chi connectivity index (χ4v) is 2.29.